The van der Waals surface area contributed by atoms with Gasteiger partial charge in [-0.25, -0.2) is 0 Å². The lowest BCUT2D eigenvalue weighted by atomic mass is 10.1. The van der Waals surface area contributed by atoms with Gasteiger partial charge in [-0.05, 0) is 54.6 Å². The number of amides is 2. The molecule has 2 amide bonds. The summed E-state index contributed by atoms with van der Waals surface area (Å²) in [6, 6.07) is 15.2. The number of imide groups is 1. The van der Waals surface area contributed by atoms with Gasteiger partial charge in [0.1, 0.15) is 17.3 Å². The highest BCUT2D eigenvalue weighted by Crippen LogP contribution is 2.30. The highest BCUT2D eigenvalue weighted by molar-refractivity contribution is 6.21. The van der Waals surface area contributed by atoms with Gasteiger partial charge in [0.25, 0.3) is 11.8 Å². The Morgan fingerprint density at radius 1 is 0.920 bits per heavy atom. The molecular formula is C19H14N2O4. The Morgan fingerprint density at radius 2 is 1.64 bits per heavy atom. The molecule has 2 aromatic carbocycles. The molecule has 3 aromatic rings. The summed E-state index contributed by atoms with van der Waals surface area (Å²) < 4.78 is 10.9. The molecule has 0 bridgehead atoms. The molecule has 4 rings (SSSR count). The number of nitrogens with two attached hydrogens (primary N) is 1. The van der Waals surface area contributed by atoms with E-state index < -0.39 is 0 Å². The smallest absolute Gasteiger partial charge is 0.262 e. The number of hydrogen-bond donors (Lipinski definition) is 1. The van der Waals surface area contributed by atoms with Crippen LogP contribution in [-0.4, -0.2) is 16.7 Å². The zero-order chi connectivity index (χ0) is 17.4. The van der Waals surface area contributed by atoms with E-state index >= 15 is 0 Å². The Bertz CT molecular complexity index is 946. The SMILES string of the molecule is Nc1ccc(Oc2ccc3c(c2)C(=O)N(Cc2ccco2)C3=O)cc1. The molecule has 2 heterocycles. The lowest BCUT2D eigenvalue weighted by Crippen LogP contribution is -2.28. The van der Waals surface area contributed by atoms with Crippen molar-refractivity contribution in [3.05, 3.63) is 77.7 Å². The predicted octanol–water partition coefficient (Wildman–Crippen LogP) is 3.45. The zero-order valence-electron chi connectivity index (χ0n) is 13.1. The number of nitrogens with zero attached hydrogens (tertiary/aromatic N) is 1. The second kappa shape index (κ2) is 5.83. The van der Waals surface area contributed by atoms with E-state index in [1.165, 1.54) is 6.26 Å². The number of rotatable bonds is 4. The van der Waals surface area contributed by atoms with Gasteiger partial charge in [-0.3, -0.25) is 14.5 Å². The summed E-state index contributed by atoms with van der Waals surface area (Å²) in [4.78, 5) is 26.2. The zero-order valence-corrected chi connectivity index (χ0v) is 13.1. The Labute approximate surface area is 143 Å². The Hall–Kier alpha value is -3.54. The number of anilines is 1. The quantitative estimate of drug-likeness (QED) is 0.583. The molecule has 6 heteroatoms. The molecule has 1 aliphatic heterocycles. The maximum Gasteiger partial charge on any atom is 0.262 e. The Balaban J connectivity index is 1.59. The van der Waals surface area contributed by atoms with E-state index in [0.717, 1.165) is 4.90 Å². The fourth-order valence-corrected chi connectivity index (χ4v) is 2.71. The van der Waals surface area contributed by atoms with Crippen LogP contribution >= 0.6 is 0 Å². The Morgan fingerprint density at radius 3 is 2.36 bits per heavy atom. The molecule has 1 aliphatic rings. The summed E-state index contributed by atoms with van der Waals surface area (Å²) in [5.41, 5.74) is 6.97. The van der Waals surface area contributed by atoms with Crippen LogP contribution in [0.1, 0.15) is 26.5 Å². The van der Waals surface area contributed by atoms with E-state index in [9.17, 15) is 9.59 Å². The average Bonchev–Trinajstić information content (AvgIpc) is 3.20. The molecule has 0 aliphatic carbocycles. The molecule has 1 aromatic heterocycles. The van der Waals surface area contributed by atoms with Crippen molar-refractivity contribution in [1.29, 1.82) is 0 Å². The van der Waals surface area contributed by atoms with Crippen LogP contribution in [0.3, 0.4) is 0 Å². The molecular weight excluding hydrogens is 320 g/mol. The number of hydrogen-bond acceptors (Lipinski definition) is 5. The van der Waals surface area contributed by atoms with Crippen molar-refractivity contribution in [1.82, 2.24) is 4.90 Å². The molecule has 6 nitrogen and oxygen atoms in total. The maximum atomic E-state index is 12.6. The summed E-state index contributed by atoms with van der Waals surface area (Å²) in [5.74, 6) is 0.922. The van der Waals surface area contributed by atoms with Gasteiger partial charge in [-0.2, -0.15) is 0 Å². The fourth-order valence-electron chi connectivity index (χ4n) is 2.71. The summed E-state index contributed by atoms with van der Waals surface area (Å²) in [6.07, 6.45) is 1.51. The van der Waals surface area contributed by atoms with E-state index in [4.69, 9.17) is 14.9 Å². The van der Waals surface area contributed by atoms with E-state index in [2.05, 4.69) is 0 Å². The standard InChI is InChI=1S/C19H14N2O4/c20-12-3-5-13(6-4-12)25-14-7-8-16-17(10-14)19(23)21(18(16)22)11-15-2-1-9-24-15/h1-10H,11,20H2. The first-order valence-electron chi connectivity index (χ1n) is 7.68. The summed E-state index contributed by atoms with van der Waals surface area (Å²) in [5, 5.41) is 0. The highest BCUT2D eigenvalue weighted by atomic mass is 16.5. The van der Waals surface area contributed by atoms with E-state index in [0.29, 0.717) is 34.1 Å². The minimum atomic E-state index is -0.362. The van der Waals surface area contributed by atoms with Gasteiger partial charge >= 0.3 is 0 Å². The molecule has 0 fully saturated rings. The molecule has 0 unspecified atom stereocenters. The van der Waals surface area contributed by atoms with E-state index in [1.54, 1.807) is 54.6 Å². The van der Waals surface area contributed by atoms with Gasteiger partial charge < -0.3 is 14.9 Å². The van der Waals surface area contributed by atoms with Gasteiger partial charge in [0.15, 0.2) is 0 Å². The number of carbonyl (C=O) groups excluding carboxylic acids is 2. The maximum absolute atomic E-state index is 12.6. The van der Waals surface area contributed by atoms with Crippen LogP contribution in [0, 0.1) is 0 Å². The number of fused-ring (bicyclic) bond motifs is 1. The second-order valence-corrected chi connectivity index (χ2v) is 5.65. The minimum absolute atomic E-state index is 0.105. The van der Waals surface area contributed by atoms with Crippen LogP contribution in [0.5, 0.6) is 11.5 Å². The van der Waals surface area contributed by atoms with Crippen molar-refractivity contribution >= 4 is 17.5 Å². The first-order chi connectivity index (χ1) is 12.1. The summed E-state index contributed by atoms with van der Waals surface area (Å²) in [6.45, 7) is 0.105. The number of furan rings is 1. The van der Waals surface area contributed by atoms with Gasteiger partial charge in [0.2, 0.25) is 0 Å². The van der Waals surface area contributed by atoms with Gasteiger partial charge in [-0.1, -0.05) is 0 Å². The average molecular weight is 334 g/mol. The van der Waals surface area contributed by atoms with Gasteiger partial charge in [0, 0.05) is 5.69 Å². The molecule has 0 atom stereocenters. The molecule has 2 N–H and O–H groups in total. The van der Waals surface area contributed by atoms with Crippen LogP contribution in [-0.2, 0) is 6.54 Å². The largest absolute Gasteiger partial charge is 0.467 e. The van der Waals surface area contributed by atoms with Gasteiger partial charge in [-0.15, -0.1) is 0 Å². The summed E-state index contributed by atoms with van der Waals surface area (Å²) >= 11 is 0. The monoisotopic (exact) mass is 334 g/mol. The lowest BCUT2D eigenvalue weighted by Gasteiger charge is -2.11. The van der Waals surface area contributed by atoms with Crippen LogP contribution in [0.15, 0.2) is 65.3 Å². The van der Waals surface area contributed by atoms with Gasteiger partial charge in [0.05, 0.1) is 23.9 Å². The van der Waals surface area contributed by atoms with Crippen LogP contribution in [0.4, 0.5) is 5.69 Å². The number of nitrogen functional groups attached to an aromatic ring is 1. The van der Waals surface area contributed by atoms with Crippen molar-refractivity contribution < 1.29 is 18.7 Å². The Kier molecular flexibility index (Phi) is 3.50. The topological polar surface area (TPSA) is 85.8 Å². The number of ether oxygens (including phenoxy) is 1. The van der Waals surface area contributed by atoms with Crippen molar-refractivity contribution in [2.24, 2.45) is 0 Å². The fraction of sp³-hybridized carbons (Fsp3) is 0.0526. The van der Waals surface area contributed by atoms with Crippen molar-refractivity contribution in [2.75, 3.05) is 5.73 Å². The first kappa shape index (κ1) is 15.0. The highest BCUT2D eigenvalue weighted by Gasteiger charge is 2.36. The number of benzene rings is 2. The first-order valence-corrected chi connectivity index (χ1v) is 7.68. The van der Waals surface area contributed by atoms with E-state index in [1.807, 2.05) is 0 Å². The molecule has 0 radical (unpaired) electrons. The third kappa shape index (κ3) is 2.74. The molecule has 124 valence electrons. The second-order valence-electron chi connectivity index (χ2n) is 5.65. The molecule has 25 heavy (non-hydrogen) atoms. The van der Waals surface area contributed by atoms with Crippen LogP contribution in [0.2, 0.25) is 0 Å². The normalized spacial score (nSPS) is 13.2. The van der Waals surface area contributed by atoms with Crippen LogP contribution < -0.4 is 10.5 Å². The molecule has 0 saturated heterocycles. The summed E-state index contributed by atoms with van der Waals surface area (Å²) in [7, 11) is 0. The molecule has 0 saturated carbocycles. The number of carbonyl (C=O) groups is 2. The third-order valence-corrected chi connectivity index (χ3v) is 3.95. The van der Waals surface area contributed by atoms with Crippen molar-refractivity contribution in [2.45, 2.75) is 6.54 Å². The lowest BCUT2D eigenvalue weighted by molar-refractivity contribution is 0.0631. The third-order valence-electron chi connectivity index (χ3n) is 3.95. The van der Waals surface area contributed by atoms with Crippen LogP contribution in [0.25, 0.3) is 0 Å². The van der Waals surface area contributed by atoms with Crippen molar-refractivity contribution in [3.63, 3.8) is 0 Å². The predicted molar refractivity (Wildman–Crippen MR) is 90.3 cm³/mol. The van der Waals surface area contributed by atoms with Crippen molar-refractivity contribution in [3.8, 4) is 11.5 Å². The minimum Gasteiger partial charge on any atom is -0.467 e. The molecule has 0 spiro atoms. The van der Waals surface area contributed by atoms with E-state index in [-0.39, 0.29) is 18.4 Å².